The fourth-order valence-electron chi connectivity index (χ4n) is 2.67. The van der Waals surface area contributed by atoms with Gasteiger partial charge in [0.15, 0.2) is 4.90 Å². The monoisotopic (exact) mass is 394 g/mol. The Labute approximate surface area is 154 Å². The van der Waals surface area contributed by atoms with E-state index in [0.29, 0.717) is 13.2 Å². The number of nitrogens with one attached hydrogen (secondary N) is 4. The lowest BCUT2D eigenvalue weighted by Crippen LogP contribution is -2.33. The van der Waals surface area contributed by atoms with E-state index in [1.807, 2.05) is 4.98 Å². The molecule has 1 atom stereocenters. The summed E-state index contributed by atoms with van der Waals surface area (Å²) in [4.78, 5) is 38.5. The van der Waals surface area contributed by atoms with Crippen LogP contribution in [0.3, 0.4) is 0 Å². The number of sulfonamides is 1. The summed E-state index contributed by atoms with van der Waals surface area (Å²) in [7, 11) is -4.32. The molecule has 2 aromatic rings. The van der Waals surface area contributed by atoms with Crippen molar-refractivity contribution >= 4 is 21.6 Å². The highest BCUT2D eigenvalue weighted by atomic mass is 32.2. The molecule has 27 heavy (non-hydrogen) atoms. The lowest BCUT2D eigenvalue weighted by molar-refractivity contribution is 0.0858. The lowest BCUT2D eigenvalue weighted by atomic mass is 10.1. The maximum absolute atomic E-state index is 12.5. The van der Waals surface area contributed by atoms with Crippen molar-refractivity contribution in [3.8, 4) is 0 Å². The van der Waals surface area contributed by atoms with Gasteiger partial charge in [0, 0.05) is 19.3 Å². The van der Waals surface area contributed by atoms with Gasteiger partial charge >= 0.3 is 5.69 Å². The van der Waals surface area contributed by atoms with Crippen molar-refractivity contribution in [3.63, 3.8) is 0 Å². The normalized spacial score (nSPS) is 16.8. The van der Waals surface area contributed by atoms with E-state index in [2.05, 4.69) is 15.0 Å². The summed E-state index contributed by atoms with van der Waals surface area (Å²) >= 11 is 0. The number of amides is 1. The van der Waals surface area contributed by atoms with Crippen LogP contribution in [0, 0.1) is 0 Å². The molecule has 1 aromatic heterocycles. The van der Waals surface area contributed by atoms with Gasteiger partial charge < -0.3 is 15.0 Å². The second kappa shape index (κ2) is 7.76. The summed E-state index contributed by atoms with van der Waals surface area (Å²) in [5, 5.41) is 2.71. The van der Waals surface area contributed by atoms with Crippen molar-refractivity contribution in [1.82, 2.24) is 15.3 Å². The van der Waals surface area contributed by atoms with Crippen molar-refractivity contribution in [2.24, 2.45) is 0 Å². The SMILES string of the molecule is O=C(NCC1CCCO1)c1ccccc1NS(=O)(=O)c1c[nH]c(=O)[nH]c1=O. The number of hydrogen-bond donors (Lipinski definition) is 4. The molecule has 0 spiro atoms. The van der Waals surface area contributed by atoms with Crippen LogP contribution in [0.1, 0.15) is 23.2 Å². The highest BCUT2D eigenvalue weighted by Gasteiger charge is 2.22. The number of anilines is 1. The molecule has 0 saturated carbocycles. The molecule has 0 radical (unpaired) electrons. The van der Waals surface area contributed by atoms with E-state index in [1.54, 1.807) is 12.1 Å². The minimum Gasteiger partial charge on any atom is -0.376 e. The van der Waals surface area contributed by atoms with E-state index in [1.165, 1.54) is 12.1 Å². The van der Waals surface area contributed by atoms with Crippen molar-refractivity contribution < 1.29 is 17.9 Å². The number of benzene rings is 1. The van der Waals surface area contributed by atoms with E-state index in [4.69, 9.17) is 4.74 Å². The van der Waals surface area contributed by atoms with E-state index in [9.17, 15) is 22.8 Å². The second-order valence-electron chi connectivity index (χ2n) is 5.93. The molecular formula is C16H18N4O6S. The Bertz CT molecular complexity index is 1050. The predicted molar refractivity (Wildman–Crippen MR) is 96.2 cm³/mol. The Morgan fingerprint density at radius 1 is 1.26 bits per heavy atom. The molecule has 3 rings (SSSR count). The number of ether oxygens (including phenoxy) is 1. The van der Waals surface area contributed by atoms with Crippen LogP contribution in [-0.4, -0.2) is 43.5 Å². The Kier molecular flexibility index (Phi) is 5.42. The summed E-state index contributed by atoms with van der Waals surface area (Å²) in [5.74, 6) is -0.473. The first-order valence-electron chi connectivity index (χ1n) is 8.20. The van der Waals surface area contributed by atoms with E-state index in [-0.39, 0.29) is 17.4 Å². The van der Waals surface area contributed by atoms with Crippen molar-refractivity contribution in [1.29, 1.82) is 0 Å². The van der Waals surface area contributed by atoms with Gasteiger partial charge in [-0.2, -0.15) is 0 Å². The van der Waals surface area contributed by atoms with Gasteiger partial charge in [0.2, 0.25) is 0 Å². The van der Waals surface area contributed by atoms with Crippen LogP contribution in [0.5, 0.6) is 0 Å². The van der Waals surface area contributed by atoms with Gasteiger partial charge in [-0.05, 0) is 25.0 Å². The molecule has 1 amide bonds. The first-order valence-corrected chi connectivity index (χ1v) is 9.69. The molecule has 4 N–H and O–H groups in total. The topological polar surface area (TPSA) is 150 Å². The van der Waals surface area contributed by atoms with Crippen LogP contribution in [0.15, 0.2) is 44.9 Å². The molecule has 11 heteroatoms. The van der Waals surface area contributed by atoms with Crippen LogP contribution in [0.25, 0.3) is 0 Å². The van der Waals surface area contributed by atoms with Gasteiger partial charge in [0.1, 0.15) is 0 Å². The lowest BCUT2D eigenvalue weighted by Gasteiger charge is -2.14. The summed E-state index contributed by atoms with van der Waals surface area (Å²) in [6, 6.07) is 6.00. The Balaban J connectivity index is 1.81. The zero-order chi connectivity index (χ0) is 19.4. The molecule has 1 aromatic carbocycles. The Hall–Kier alpha value is -2.92. The molecular weight excluding hydrogens is 376 g/mol. The Morgan fingerprint density at radius 2 is 2.04 bits per heavy atom. The van der Waals surface area contributed by atoms with Gasteiger partial charge in [-0.15, -0.1) is 0 Å². The number of carbonyl (C=O) groups excluding carboxylic acids is 1. The van der Waals surface area contributed by atoms with Gasteiger partial charge in [-0.3, -0.25) is 19.3 Å². The third-order valence-corrected chi connectivity index (χ3v) is 5.38. The van der Waals surface area contributed by atoms with Crippen LogP contribution in [0.2, 0.25) is 0 Å². The number of rotatable bonds is 6. The summed E-state index contributed by atoms with van der Waals surface area (Å²) in [6.07, 6.45) is 2.52. The number of aromatic amines is 2. The van der Waals surface area contributed by atoms with Crippen LogP contribution >= 0.6 is 0 Å². The van der Waals surface area contributed by atoms with Gasteiger partial charge in [0.05, 0.1) is 17.4 Å². The minimum absolute atomic E-state index is 0.00735. The van der Waals surface area contributed by atoms with Crippen LogP contribution < -0.4 is 21.3 Å². The van der Waals surface area contributed by atoms with Crippen molar-refractivity contribution in [2.45, 2.75) is 23.8 Å². The largest absolute Gasteiger partial charge is 0.376 e. The smallest absolute Gasteiger partial charge is 0.325 e. The highest BCUT2D eigenvalue weighted by Crippen LogP contribution is 2.19. The number of carbonyl (C=O) groups is 1. The predicted octanol–water partition coefficient (Wildman–Crippen LogP) is -0.227. The number of para-hydroxylation sites is 1. The quantitative estimate of drug-likeness (QED) is 0.532. The van der Waals surface area contributed by atoms with Gasteiger partial charge in [-0.25, -0.2) is 13.2 Å². The fraction of sp³-hybridized carbons (Fsp3) is 0.312. The first-order chi connectivity index (χ1) is 12.9. The molecule has 1 aliphatic heterocycles. The third-order valence-electron chi connectivity index (χ3n) is 4.01. The standard InChI is InChI=1S/C16H18N4O6S/c21-14(17-8-10-4-3-7-26-10)11-5-1-2-6-12(11)20-27(24,25)13-9-18-16(23)19-15(13)22/h1-2,5-6,9-10,20H,3-4,7-8H2,(H,17,21)(H2,18,19,22,23). The molecule has 10 nitrogen and oxygen atoms in total. The zero-order valence-electron chi connectivity index (χ0n) is 14.2. The van der Waals surface area contributed by atoms with Crippen LogP contribution in [0.4, 0.5) is 5.69 Å². The summed E-state index contributed by atoms with van der Waals surface area (Å²) < 4.78 is 32.6. The number of hydrogen-bond acceptors (Lipinski definition) is 6. The second-order valence-corrected chi connectivity index (χ2v) is 7.58. The Morgan fingerprint density at radius 3 is 2.74 bits per heavy atom. The van der Waals surface area contributed by atoms with E-state index < -0.39 is 32.1 Å². The summed E-state index contributed by atoms with van der Waals surface area (Å²) in [6.45, 7) is 0.976. The molecule has 0 aliphatic carbocycles. The fourth-order valence-corrected chi connectivity index (χ4v) is 3.76. The molecule has 0 bridgehead atoms. The average molecular weight is 394 g/mol. The van der Waals surface area contributed by atoms with Gasteiger partial charge in [0.25, 0.3) is 21.5 Å². The first kappa shape index (κ1) is 18.9. The van der Waals surface area contributed by atoms with E-state index in [0.717, 1.165) is 19.0 Å². The van der Waals surface area contributed by atoms with Crippen molar-refractivity contribution in [2.75, 3.05) is 17.9 Å². The molecule has 2 heterocycles. The summed E-state index contributed by atoms with van der Waals surface area (Å²) in [5.41, 5.74) is -1.78. The molecule has 1 saturated heterocycles. The average Bonchev–Trinajstić information content (AvgIpc) is 3.13. The van der Waals surface area contributed by atoms with Crippen molar-refractivity contribution in [3.05, 3.63) is 56.9 Å². The van der Waals surface area contributed by atoms with Gasteiger partial charge in [-0.1, -0.05) is 12.1 Å². The molecule has 1 fully saturated rings. The maximum atomic E-state index is 12.5. The zero-order valence-corrected chi connectivity index (χ0v) is 15.0. The van der Waals surface area contributed by atoms with Crippen LogP contribution in [-0.2, 0) is 14.8 Å². The van der Waals surface area contributed by atoms with E-state index >= 15 is 0 Å². The molecule has 144 valence electrons. The maximum Gasteiger partial charge on any atom is 0.325 e. The third kappa shape index (κ3) is 4.44. The number of aromatic nitrogens is 2. The minimum atomic E-state index is -4.32. The highest BCUT2D eigenvalue weighted by molar-refractivity contribution is 7.92. The number of H-pyrrole nitrogens is 2. The molecule has 1 aliphatic rings. The molecule has 1 unspecified atom stereocenters.